The highest BCUT2D eigenvalue weighted by atomic mass is 16.2. The lowest BCUT2D eigenvalue weighted by Crippen LogP contribution is -2.44. The van der Waals surface area contributed by atoms with Gasteiger partial charge in [-0.25, -0.2) is 20.2 Å². The van der Waals surface area contributed by atoms with Crippen LogP contribution in [0, 0.1) is 0 Å². The zero-order valence-corrected chi connectivity index (χ0v) is 8.36. The van der Waals surface area contributed by atoms with Crippen LogP contribution in [0.5, 0.6) is 0 Å². The van der Waals surface area contributed by atoms with Crippen LogP contribution in [0.1, 0.15) is 13.3 Å². The molecule has 2 saturated heterocycles. The first-order valence-corrected chi connectivity index (χ1v) is 4.68. The molecular weight excluding hydrogens is 184 g/mol. The maximum Gasteiger partial charge on any atom is 0.350 e. The predicted octanol–water partition coefficient (Wildman–Crippen LogP) is -0.606. The lowest BCUT2D eigenvalue weighted by Gasteiger charge is -2.21. The molecule has 1 atom stereocenters. The van der Waals surface area contributed by atoms with Crippen molar-refractivity contribution in [2.75, 3.05) is 20.3 Å². The number of fused-ring (bicyclic) bond motifs is 1. The summed E-state index contributed by atoms with van der Waals surface area (Å²) >= 11 is 0. The minimum absolute atomic E-state index is 0.0544. The maximum atomic E-state index is 11.7. The third-order valence-electron chi connectivity index (χ3n) is 2.73. The quantitative estimate of drug-likeness (QED) is 0.643. The van der Waals surface area contributed by atoms with Crippen molar-refractivity contribution in [3.05, 3.63) is 0 Å². The first-order chi connectivity index (χ1) is 6.65. The highest BCUT2D eigenvalue weighted by Gasteiger charge is 2.45. The van der Waals surface area contributed by atoms with Crippen molar-refractivity contribution in [1.82, 2.24) is 20.5 Å². The van der Waals surface area contributed by atoms with Crippen LogP contribution in [-0.4, -0.2) is 53.1 Å². The van der Waals surface area contributed by atoms with E-state index in [4.69, 9.17) is 0 Å². The number of ketones is 1. The second kappa shape index (κ2) is 3.21. The number of hydrogen-bond acceptors (Lipinski definition) is 4. The van der Waals surface area contributed by atoms with E-state index in [9.17, 15) is 9.59 Å². The molecule has 6 heteroatoms. The molecule has 0 aromatic heterocycles. The van der Waals surface area contributed by atoms with Crippen molar-refractivity contribution in [3.8, 4) is 0 Å². The lowest BCUT2D eigenvalue weighted by atomic mass is 10.1. The Morgan fingerprint density at radius 1 is 1.57 bits per heavy atom. The number of Topliss-reactive ketones (excluding diaryl/α,β-unsaturated/α-hetero) is 1. The third-order valence-corrected chi connectivity index (χ3v) is 2.73. The van der Waals surface area contributed by atoms with E-state index in [-0.39, 0.29) is 17.9 Å². The fourth-order valence-corrected chi connectivity index (χ4v) is 1.98. The highest BCUT2D eigenvalue weighted by molar-refractivity contribution is 5.87. The molecule has 2 aliphatic rings. The van der Waals surface area contributed by atoms with Gasteiger partial charge in [-0.2, -0.15) is 5.01 Å². The lowest BCUT2D eigenvalue weighted by molar-refractivity contribution is -0.122. The molecule has 2 fully saturated rings. The molecule has 0 aromatic rings. The number of rotatable bonds is 2. The normalized spacial score (nSPS) is 27.3. The van der Waals surface area contributed by atoms with E-state index in [1.807, 2.05) is 5.01 Å². The molecule has 2 rings (SSSR count). The number of nitrogens with zero attached hydrogens (tertiary/aromatic N) is 3. The fourth-order valence-electron chi connectivity index (χ4n) is 1.98. The molecule has 2 aliphatic heterocycles. The Kier molecular flexibility index (Phi) is 2.16. The van der Waals surface area contributed by atoms with Crippen LogP contribution in [0.25, 0.3) is 0 Å². The SMILES string of the molecule is CNN1CN2CCC(C(C)=O)N2C1=O. The summed E-state index contributed by atoms with van der Waals surface area (Å²) in [5.41, 5.74) is 2.79. The summed E-state index contributed by atoms with van der Waals surface area (Å²) in [5.74, 6) is 0.0544. The molecule has 0 radical (unpaired) electrons. The number of amides is 2. The summed E-state index contributed by atoms with van der Waals surface area (Å²) in [6.45, 7) is 2.83. The molecule has 78 valence electrons. The van der Waals surface area contributed by atoms with Crippen LogP contribution in [0.4, 0.5) is 4.79 Å². The number of carbonyl (C=O) groups excluding carboxylic acids is 2. The Morgan fingerprint density at radius 3 is 2.86 bits per heavy atom. The minimum atomic E-state index is -0.263. The maximum absolute atomic E-state index is 11.7. The van der Waals surface area contributed by atoms with Crippen LogP contribution in [0.3, 0.4) is 0 Å². The molecule has 6 nitrogen and oxygen atoms in total. The van der Waals surface area contributed by atoms with Crippen LogP contribution in [-0.2, 0) is 4.79 Å². The Labute approximate surface area is 82.4 Å². The molecule has 1 N–H and O–H groups in total. The minimum Gasteiger partial charge on any atom is -0.298 e. The largest absolute Gasteiger partial charge is 0.350 e. The average molecular weight is 198 g/mol. The van der Waals surface area contributed by atoms with Gasteiger partial charge >= 0.3 is 6.03 Å². The van der Waals surface area contributed by atoms with Gasteiger partial charge in [-0.15, -0.1) is 0 Å². The number of nitrogens with one attached hydrogen (secondary N) is 1. The Balaban J connectivity index is 2.17. The van der Waals surface area contributed by atoms with Crippen LogP contribution in [0.2, 0.25) is 0 Å². The van der Waals surface area contributed by atoms with Crippen molar-refractivity contribution in [3.63, 3.8) is 0 Å². The predicted molar refractivity (Wildman–Crippen MR) is 48.8 cm³/mol. The molecule has 2 amide bonds. The van der Waals surface area contributed by atoms with Crippen LogP contribution < -0.4 is 5.43 Å². The van der Waals surface area contributed by atoms with Crippen molar-refractivity contribution < 1.29 is 9.59 Å². The molecular formula is C8H14N4O2. The standard InChI is InChI=1S/C8H14N4O2/c1-6(13)7-3-4-10-5-11(9-2)8(14)12(7)10/h7,9H,3-5H2,1-2H3. The highest BCUT2D eigenvalue weighted by Crippen LogP contribution is 2.25. The van der Waals surface area contributed by atoms with Gasteiger partial charge in [0.2, 0.25) is 0 Å². The zero-order chi connectivity index (χ0) is 10.3. The first-order valence-electron chi connectivity index (χ1n) is 4.68. The summed E-state index contributed by atoms with van der Waals surface area (Å²) in [4.78, 5) is 23.0. The van der Waals surface area contributed by atoms with Gasteiger partial charge < -0.3 is 0 Å². The van der Waals surface area contributed by atoms with Crippen molar-refractivity contribution in [2.45, 2.75) is 19.4 Å². The topological polar surface area (TPSA) is 55.9 Å². The molecule has 0 spiro atoms. The molecule has 0 aliphatic carbocycles. The fraction of sp³-hybridized carbons (Fsp3) is 0.750. The number of hydrogen-bond donors (Lipinski definition) is 1. The zero-order valence-electron chi connectivity index (χ0n) is 8.36. The van der Waals surface area contributed by atoms with Crippen LogP contribution in [0.15, 0.2) is 0 Å². The molecule has 0 aromatic carbocycles. The van der Waals surface area contributed by atoms with Crippen molar-refractivity contribution in [1.29, 1.82) is 0 Å². The molecule has 0 bridgehead atoms. The van der Waals surface area contributed by atoms with Gasteiger partial charge in [-0.1, -0.05) is 0 Å². The Morgan fingerprint density at radius 2 is 2.29 bits per heavy atom. The molecule has 2 heterocycles. The van der Waals surface area contributed by atoms with E-state index in [0.717, 1.165) is 13.0 Å². The van der Waals surface area contributed by atoms with Gasteiger partial charge in [-0.05, 0) is 13.3 Å². The van der Waals surface area contributed by atoms with Crippen molar-refractivity contribution in [2.24, 2.45) is 0 Å². The molecule has 14 heavy (non-hydrogen) atoms. The van der Waals surface area contributed by atoms with E-state index in [1.54, 1.807) is 12.1 Å². The van der Waals surface area contributed by atoms with Gasteiger partial charge in [0.05, 0.1) is 0 Å². The van der Waals surface area contributed by atoms with Crippen LogP contribution >= 0.6 is 0 Å². The summed E-state index contributed by atoms with van der Waals surface area (Å²) in [7, 11) is 1.70. The number of urea groups is 1. The monoisotopic (exact) mass is 198 g/mol. The van der Waals surface area contributed by atoms with E-state index < -0.39 is 0 Å². The Hall–Kier alpha value is -1.14. The first kappa shape index (κ1) is 9.42. The van der Waals surface area contributed by atoms with E-state index in [0.29, 0.717) is 6.67 Å². The number of carbonyl (C=O) groups is 2. The van der Waals surface area contributed by atoms with E-state index in [1.165, 1.54) is 11.9 Å². The summed E-state index contributed by atoms with van der Waals surface area (Å²) in [5, 5.41) is 4.94. The second-order valence-corrected chi connectivity index (χ2v) is 3.57. The second-order valence-electron chi connectivity index (χ2n) is 3.57. The third kappa shape index (κ3) is 1.18. The Bertz CT molecular complexity index is 281. The van der Waals surface area contributed by atoms with Gasteiger partial charge in [-0.3, -0.25) is 4.79 Å². The molecule has 0 saturated carbocycles. The molecule has 1 unspecified atom stereocenters. The van der Waals surface area contributed by atoms with Gasteiger partial charge in [0, 0.05) is 13.6 Å². The number of hydrazine groups is 2. The van der Waals surface area contributed by atoms with E-state index in [2.05, 4.69) is 5.43 Å². The van der Waals surface area contributed by atoms with Gasteiger partial charge in [0.15, 0.2) is 5.78 Å². The van der Waals surface area contributed by atoms with Gasteiger partial charge in [0.25, 0.3) is 0 Å². The summed E-state index contributed by atoms with van der Waals surface area (Å²) < 4.78 is 0. The van der Waals surface area contributed by atoms with Gasteiger partial charge in [0.1, 0.15) is 12.7 Å². The summed E-state index contributed by atoms with van der Waals surface area (Å²) in [6, 6.07) is -0.397. The van der Waals surface area contributed by atoms with Crippen molar-refractivity contribution >= 4 is 11.8 Å². The average Bonchev–Trinajstić information content (AvgIpc) is 2.66. The van der Waals surface area contributed by atoms with E-state index >= 15 is 0 Å². The summed E-state index contributed by atoms with van der Waals surface area (Å²) in [6.07, 6.45) is 0.749. The smallest absolute Gasteiger partial charge is 0.298 e.